The first-order valence-corrected chi connectivity index (χ1v) is 9.77. The maximum absolute atomic E-state index is 12.9. The van der Waals surface area contributed by atoms with Crippen LogP contribution in [0.4, 0.5) is 0 Å². The third-order valence-electron chi connectivity index (χ3n) is 4.93. The molecule has 0 amide bonds. The molecule has 3 aliphatic heterocycles. The Kier molecular flexibility index (Phi) is 5.78. The first-order chi connectivity index (χ1) is 14.8. The van der Waals surface area contributed by atoms with Gasteiger partial charge in [-0.3, -0.25) is 4.79 Å². The first-order valence-electron chi connectivity index (χ1n) is 9.77. The minimum Gasteiger partial charge on any atom is -0.457 e. The molecule has 0 saturated carbocycles. The zero-order valence-corrected chi connectivity index (χ0v) is 17.2. The highest BCUT2D eigenvalue weighted by Crippen LogP contribution is 2.40. The van der Waals surface area contributed by atoms with Gasteiger partial charge in [-0.05, 0) is 38.5 Å². The number of fused-ring (bicyclic) bond motifs is 2. The summed E-state index contributed by atoms with van der Waals surface area (Å²) in [5, 5.41) is 0. The predicted molar refractivity (Wildman–Crippen MR) is 100 cm³/mol. The zero-order chi connectivity index (χ0) is 22.2. The Balaban J connectivity index is 1.54. The number of ether oxygens (including phenoxy) is 7. The summed E-state index contributed by atoms with van der Waals surface area (Å²) in [7, 11) is 0. The van der Waals surface area contributed by atoms with E-state index in [0.717, 1.165) is 5.56 Å². The zero-order valence-electron chi connectivity index (χ0n) is 17.2. The van der Waals surface area contributed by atoms with Gasteiger partial charge in [-0.15, -0.1) is 0 Å². The van der Waals surface area contributed by atoms with Crippen LogP contribution >= 0.6 is 0 Å². The number of carbonyl (C=O) groups excluding carboxylic acids is 2. The van der Waals surface area contributed by atoms with Crippen LogP contribution in [-0.2, 0) is 39.9 Å². The molecule has 166 valence electrons. The summed E-state index contributed by atoms with van der Waals surface area (Å²) >= 11 is 0. The average molecular weight is 434 g/mol. The molecule has 3 heterocycles. The monoisotopic (exact) mass is 434 g/mol. The van der Waals surface area contributed by atoms with Gasteiger partial charge in [0.15, 0.2) is 29.7 Å². The summed E-state index contributed by atoms with van der Waals surface area (Å²) in [5.74, 6) is -1.68. The molecule has 11 heteroatoms. The van der Waals surface area contributed by atoms with E-state index in [-0.39, 0.29) is 20.0 Å². The third kappa shape index (κ3) is 4.18. The molecule has 0 aromatic heterocycles. The quantitative estimate of drug-likeness (QED) is 0.202. The minimum absolute atomic E-state index is 0.00631. The number of nitrogens with zero attached hydrogens (tertiary/aromatic N) is 2. The van der Waals surface area contributed by atoms with Crippen LogP contribution < -0.4 is 9.47 Å². The Hall–Kier alpha value is -2.82. The van der Waals surface area contributed by atoms with E-state index in [2.05, 4.69) is 4.79 Å². The highest BCUT2D eigenvalue weighted by molar-refractivity contribution is 6.63. The lowest BCUT2D eigenvalue weighted by Gasteiger charge is -2.24. The van der Waals surface area contributed by atoms with E-state index in [0.29, 0.717) is 11.5 Å². The molecule has 4 atom stereocenters. The van der Waals surface area contributed by atoms with Crippen LogP contribution in [0.2, 0.25) is 0 Å². The molecule has 2 saturated heterocycles. The lowest BCUT2D eigenvalue weighted by molar-refractivity contribution is -0.217. The van der Waals surface area contributed by atoms with Crippen LogP contribution in [0.1, 0.15) is 26.3 Å². The summed E-state index contributed by atoms with van der Waals surface area (Å²) in [5.41, 5.74) is 9.18. The third-order valence-corrected chi connectivity index (χ3v) is 4.93. The van der Waals surface area contributed by atoms with Crippen LogP contribution in [0.5, 0.6) is 11.5 Å². The Labute approximate surface area is 177 Å². The Bertz CT molecular complexity index is 941. The van der Waals surface area contributed by atoms with Crippen LogP contribution in [0.15, 0.2) is 18.2 Å². The van der Waals surface area contributed by atoms with Gasteiger partial charge in [0.25, 0.3) is 5.78 Å². The lowest BCUT2D eigenvalue weighted by Crippen LogP contribution is -2.45. The second-order valence-corrected chi connectivity index (χ2v) is 7.52. The van der Waals surface area contributed by atoms with Crippen molar-refractivity contribution in [3.8, 4) is 11.5 Å². The largest absolute Gasteiger partial charge is 0.457 e. The summed E-state index contributed by atoms with van der Waals surface area (Å²) in [6, 6.07) is 5.32. The standard InChI is InChI=1S/C20H22N2O9/c1-4-25-18(24)13(22-21)14(23)15-16(17-19(29-15)31-20(2,3)30-17)26-8-10-5-6-11-12(7-10)28-9-27-11/h5-7,15-17,19H,4,8-9H2,1-3H3/t15-,16+,17-,19-/m1/s1. The Morgan fingerprint density at radius 1 is 1.23 bits per heavy atom. The average Bonchev–Trinajstić information content (AvgIpc) is 3.38. The minimum atomic E-state index is -1.30. The second kappa shape index (κ2) is 8.37. The van der Waals surface area contributed by atoms with E-state index in [1.807, 2.05) is 0 Å². The number of ketones is 1. The van der Waals surface area contributed by atoms with Gasteiger partial charge in [0.05, 0.1) is 13.2 Å². The Morgan fingerprint density at radius 2 is 2.00 bits per heavy atom. The van der Waals surface area contributed by atoms with Gasteiger partial charge >= 0.3 is 11.7 Å². The normalized spacial score (nSPS) is 27.5. The van der Waals surface area contributed by atoms with Crippen molar-refractivity contribution in [2.24, 2.45) is 0 Å². The van der Waals surface area contributed by atoms with Crippen molar-refractivity contribution in [1.29, 1.82) is 0 Å². The molecule has 0 bridgehead atoms. The maximum atomic E-state index is 12.9. The molecule has 0 radical (unpaired) electrons. The van der Waals surface area contributed by atoms with E-state index in [4.69, 9.17) is 33.2 Å². The van der Waals surface area contributed by atoms with Crippen molar-refractivity contribution in [1.82, 2.24) is 0 Å². The van der Waals surface area contributed by atoms with E-state index < -0.39 is 47.9 Å². The highest BCUT2D eigenvalue weighted by Gasteiger charge is 2.59. The molecule has 2 fully saturated rings. The van der Waals surface area contributed by atoms with Crippen LogP contribution in [0.3, 0.4) is 0 Å². The maximum Gasteiger partial charge on any atom is 0.444 e. The van der Waals surface area contributed by atoms with Gasteiger partial charge in [0, 0.05) is 0 Å². The number of esters is 1. The van der Waals surface area contributed by atoms with Crippen molar-refractivity contribution in [2.75, 3.05) is 13.4 Å². The number of rotatable bonds is 7. The number of hydrogen-bond donors (Lipinski definition) is 0. The first kappa shape index (κ1) is 21.4. The van der Waals surface area contributed by atoms with Gasteiger partial charge in [-0.25, -0.2) is 4.79 Å². The summed E-state index contributed by atoms with van der Waals surface area (Å²) in [6.07, 6.45) is -3.86. The number of carbonyl (C=O) groups is 2. The molecule has 1 aromatic carbocycles. The molecule has 11 nitrogen and oxygen atoms in total. The summed E-state index contributed by atoms with van der Waals surface area (Å²) in [4.78, 5) is 27.7. The molecule has 0 aliphatic carbocycles. The van der Waals surface area contributed by atoms with Gasteiger partial charge in [-0.1, -0.05) is 6.07 Å². The fraction of sp³-hybridized carbons (Fsp3) is 0.550. The topological polar surface area (TPSA) is 135 Å². The molecule has 0 spiro atoms. The molecule has 3 aliphatic rings. The SMILES string of the molecule is CCOC(=O)C(=[N+]=[N-])C(=O)[C@H]1O[C@@H]2OC(C)(C)O[C@@H]2[C@H]1OCc1ccc2c(c1)OCO2. The lowest BCUT2D eigenvalue weighted by atomic mass is 10.0. The summed E-state index contributed by atoms with van der Waals surface area (Å²) in [6.45, 7) is 5.22. The van der Waals surface area contributed by atoms with E-state index in [1.165, 1.54) is 0 Å². The van der Waals surface area contributed by atoms with Crippen molar-refractivity contribution in [3.63, 3.8) is 0 Å². The fourth-order valence-electron chi connectivity index (χ4n) is 3.62. The van der Waals surface area contributed by atoms with Gasteiger partial charge in [-0.2, -0.15) is 4.79 Å². The van der Waals surface area contributed by atoms with Crippen molar-refractivity contribution < 1.29 is 47.5 Å². The van der Waals surface area contributed by atoms with Crippen molar-refractivity contribution >= 4 is 17.5 Å². The second-order valence-electron chi connectivity index (χ2n) is 7.52. The molecule has 31 heavy (non-hydrogen) atoms. The van der Waals surface area contributed by atoms with Gasteiger partial charge in [0.2, 0.25) is 6.79 Å². The predicted octanol–water partition coefficient (Wildman–Crippen LogP) is 0.980. The summed E-state index contributed by atoms with van der Waals surface area (Å²) < 4.78 is 38.7. The van der Waals surface area contributed by atoms with Crippen molar-refractivity contribution in [3.05, 3.63) is 29.3 Å². The number of Topliss-reactive ketones (excluding diaryl/α,β-unsaturated/α-hetero) is 1. The molecule has 0 N–H and O–H groups in total. The van der Waals surface area contributed by atoms with E-state index in [1.54, 1.807) is 39.0 Å². The van der Waals surface area contributed by atoms with Gasteiger partial charge < -0.3 is 38.7 Å². The highest BCUT2D eigenvalue weighted by atomic mass is 16.8. The van der Waals surface area contributed by atoms with Crippen LogP contribution in [0.25, 0.3) is 5.53 Å². The van der Waals surface area contributed by atoms with Crippen molar-refractivity contribution in [2.45, 2.75) is 57.8 Å². The van der Waals surface area contributed by atoms with Crippen LogP contribution in [-0.4, -0.2) is 66.0 Å². The smallest absolute Gasteiger partial charge is 0.444 e. The fourth-order valence-corrected chi connectivity index (χ4v) is 3.62. The Morgan fingerprint density at radius 3 is 2.74 bits per heavy atom. The van der Waals surface area contributed by atoms with Crippen LogP contribution in [0, 0.1) is 0 Å². The number of benzene rings is 1. The molecular formula is C20H22N2O9. The molecule has 1 aromatic rings. The molecule has 4 rings (SSSR count). The van der Waals surface area contributed by atoms with E-state index >= 15 is 0 Å². The van der Waals surface area contributed by atoms with E-state index in [9.17, 15) is 15.1 Å². The van der Waals surface area contributed by atoms with Gasteiger partial charge in [0.1, 0.15) is 12.2 Å². The molecular weight excluding hydrogens is 412 g/mol. The molecule has 0 unspecified atom stereocenters. The number of hydrogen-bond acceptors (Lipinski definition) is 9.